The number of nitrogens with zero attached hydrogens (tertiary/aromatic N) is 2. The largest absolute Gasteiger partial charge is 0.387 e. The van der Waals surface area contributed by atoms with Gasteiger partial charge in [0.1, 0.15) is 0 Å². The lowest BCUT2D eigenvalue weighted by atomic mass is 10.2. The molecule has 1 heterocycles. The highest BCUT2D eigenvalue weighted by molar-refractivity contribution is 5.80. The number of nitrogens with one attached hydrogen (secondary N) is 1. The number of aliphatic hydroxyl groups excluding tert-OH is 1. The summed E-state index contributed by atoms with van der Waals surface area (Å²) in [5.41, 5.74) is 1.53. The number of carbonyl (C=O) groups excluding carboxylic acids is 1. The number of rotatable bonds is 6. The molecule has 2 N–H and O–H groups in total. The van der Waals surface area contributed by atoms with Crippen molar-refractivity contribution in [1.29, 1.82) is 0 Å². The van der Waals surface area contributed by atoms with Gasteiger partial charge in [-0.2, -0.15) is 0 Å². The maximum Gasteiger partial charge on any atom is 0.239 e. The van der Waals surface area contributed by atoms with E-state index < -0.39 is 6.10 Å². The number of amides is 1. The Morgan fingerprint density at radius 1 is 1.56 bits per heavy atom. The third kappa shape index (κ3) is 4.00. The number of anilines is 1. The van der Waals surface area contributed by atoms with Crippen LogP contribution in [-0.2, 0) is 4.79 Å². The van der Waals surface area contributed by atoms with E-state index in [1.54, 1.807) is 26.2 Å². The smallest absolute Gasteiger partial charge is 0.239 e. The minimum Gasteiger partial charge on any atom is -0.387 e. The quantitative estimate of drug-likeness (QED) is 0.794. The van der Waals surface area contributed by atoms with Gasteiger partial charge in [-0.15, -0.1) is 0 Å². The molecule has 0 radical (unpaired) electrons. The van der Waals surface area contributed by atoms with E-state index in [9.17, 15) is 9.90 Å². The molecule has 5 nitrogen and oxygen atoms in total. The molecule has 5 heteroatoms. The van der Waals surface area contributed by atoms with Crippen molar-refractivity contribution in [2.24, 2.45) is 0 Å². The Bertz CT molecular complexity index is 376. The third-order valence-electron chi connectivity index (χ3n) is 2.67. The van der Waals surface area contributed by atoms with Crippen LogP contribution in [0.1, 0.15) is 32.1 Å². The number of pyridine rings is 1. The van der Waals surface area contributed by atoms with Crippen molar-refractivity contribution in [2.75, 3.05) is 25.0 Å². The number of aliphatic hydroxyl groups is 1. The van der Waals surface area contributed by atoms with Crippen LogP contribution >= 0.6 is 0 Å². The van der Waals surface area contributed by atoms with Gasteiger partial charge in [-0.3, -0.25) is 9.78 Å². The first kappa shape index (κ1) is 14.4. The first-order chi connectivity index (χ1) is 8.58. The summed E-state index contributed by atoms with van der Waals surface area (Å²) >= 11 is 0. The van der Waals surface area contributed by atoms with Crippen molar-refractivity contribution in [3.63, 3.8) is 0 Å². The van der Waals surface area contributed by atoms with Gasteiger partial charge in [0.2, 0.25) is 5.91 Å². The predicted molar refractivity (Wildman–Crippen MR) is 71.4 cm³/mol. The van der Waals surface area contributed by atoms with Crippen molar-refractivity contribution >= 4 is 11.6 Å². The number of aromatic nitrogens is 1. The van der Waals surface area contributed by atoms with E-state index in [2.05, 4.69) is 17.2 Å². The number of likely N-dealkylation sites (N-methyl/N-ethyl adjacent to an activating group) is 1. The average Bonchev–Trinajstić information content (AvgIpc) is 2.38. The van der Waals surface area contributed by atoms with Gasteiger partial charge >= 0.3 is 0 Å². The predicted octanol–water partition coefficient (Wildman–Crippen LogP) is 1.10. The van der Waals surface area contributed by atoms with Crippen LogP contribution in [0.15, 0.2) is 18.3 Å². The molecule has 0 bridgehead atoms. The van der Waals surface area contributed by atoms with Crippen LogP contribution < -0.4 is 10.2 Å². The van der Waals surface area contributed by atoms with Gasteiger partial charge in [0, 0.05) is 13.6 Å². The van der Waals surface area contributed by atoms with E-state index in [0.717, 1.165) is 18.7 Å². The van der Waals surface area contributed by atoms with Crippen molar-refractivity contribution in [2.45, 2.75) is 26.4 Å². The molecule has 18 heavy (non-hydrogen) atoms. The summed E-state index contributed by atoms with van der Waals surface area (Å²) in [6.07, 6.45) is 2.08. The van der Waals surface area contributed by atoms with Crippen LogP contribution in [-0.4, -0.2) is 36.1 Å². The molecule has 100 valence electrons. The molecule has 1 aromatic rings. The highest BCUT2D eigenvalue weighted by Crippen LogP contribution is 2.16. The Labute approximate surface area is 108 Å². The first-order valence-electron chi connectivity index (χ1n) is 6.18. The molecule has 0 aromatic carbocycles. The van der Waals surface area contributed by atoms with E-state index in [1.165, 1.54) is 0 Å². The van der Waals surface area contributed by atoms with Crippen LogP contribution in [0, 0.1) is 0 Å². The second-order valence-electron chi connectivity index (χ2n) is 4.21. The molecule has 0 aliphatic carbocycles. The third-order valence-corrected chi connectivity index (χ3v) is 2.67. The second-order valence-corrected chi connectivity index (χ2v) is 4.21. The molecule has 0 aliphatic heterocycles. The summed E-state index contributed by atoms with van der Waals surface area (Å²) in [7, 11) is 1.63. The topological polar surface area (TPSA) is 65.5 Å². The molecule has 1 aromatic heterocycles. The van der Waals surface area contributed by atoms with Gasteiger partial charge in [0.05, 0.1) is 30.2 Å². The SMILES string of the molecule is CCCN(CC(=O)NC)c1ccc(C(C)O)nc1. The van der Waals surface area contributed by atoms with Crippen molar-refractivity contribution in [3.05, 3.63) is 24.0 Å². The molecule has 0 spiro atoms. The van der Waals surface area contributed by atoms with E-state index in [1.807, 2.05) is 11.0 Å². The number of hydrogen-bond donors (Lipinski definition) is 2. The lowest BCUT2D eigenvalue weighted by molar-refractivity contribution is -0.119. The van der Waals surface area contributed by atoms with Crippen LogP contribution in [0.5, 0.6) is 0 Å². The lowest BCUT2D eigenvalue weighted by Crippen LogP contribution is -2.36. The molecule has 1 unspecified atom stereocenters. The molecular formula is C13H21N3O2. The van der Waals surface area contributed by atoms with Crippen LogP contribution in [0.2, 0.25) is 0 Å². The fraction of sp³-hybridized carbons (Fsp3) is 0.538. The Balaban J connectivity index is 2.81. The van der Waals surface area contributed by atoms with E-state index >= 15 is 0 Å². The molecule has 1 rings (SSSR count). The fourth-order valence-electron chi connectivity index (χ4n) is 1.65. The second kappa shape index (κ2) is 6.96. The Morgan fingerprint density at radius 3 is 2.72 bits per heavy atom. The monoisotopic (exact) mass is 251 g/mol. The van der Waals surface area contributed by atoms with Gasteiger partial charge in [-0.1, -0.05) is 6.92 Å². The Kier molecular flexibility index (Phi) is 5.58. The zero-order valence-electron chi connectivity index (χ0n) is 11.2. The van der Waals surface area contributed by atoms with Crippen molar-refractivity contribution < 1.29 is 9.90 Å². The normalized spacial score (nSPS) is 12.0. The van der Waals surface area contributed by atoms with Crippen LogP contribution in [0.3, 0.4) is 0 Å². The zero-order valence-corrected chi connectivity index (χ0v) is 11.2. The summed E-state index contributed by atoms with van der Waals surface area (Å²) in [5, 5.41) is 12.0. The van der Waals surface area contributed by atoms with Crippen molar-refractivity contribution in [1.82, 2.24) is 10.3 Å². The maximum absolute atomic E-state index is 11.4. The van der Waals surface area contributed by atoms with E-state index in [-0.39, 0.29) is 5.91 Å². The van der Waals surface area contributed by atoms with Gasteiger partial charge < -0.3 is 15.3 Å². The van der Waals surface area contributed by atoms with Crippen molar-refractivity contribution in [3.8, 4) is 0 Å². The summed E-state index contributed by atoms with van der Waals surface area (Å²) in [5.74, 6) is -0.0250. The summed E-state index contributed by atoms with van der Waals surface area (Å²) in [6.45, 7) is 4.86. The lowest BCUT2D eigenvalue weighted by Gasteiger charge is -2.23. The molecule has 0 aliphatic rings. The van der Waals surface area contributed by atoms with Crippen LogP contribution in [0.25, 0.3) is 0 Å². The molecule has 0 saturated carbocycles. The number of carbonyl (C=O) groups is 1. The standard InChI is InChI=1S/C13H21N3O2/c1-4-7-16(9-13(18)14-3)11-5-6-12(10(2)17)15-8-11/h5-6,8,10,17H,4,7,9H2,1-3H3,(H,14,18). The van der Waals surface area contributed by atoms with E-state index in [0.29, 0.717) is 12.2 Å². The molecular weight excluding hydrogens is 230 g/mol. The van der Waals surface area contributed by atoms with Gasteiger partial charge in [0.25, 0.3) is 0 Å². The molecule has 1 amide bonds. The minimum atomic E-state index is -0.572. The molecule has 1 atom stereocenters. The minimum absolute atomic E-state index is 0.0250. The molecule has 0 saturated heterocycles. The van der Waals surface area contributed by atoms with Crippen LogP contribution in [0.4, 0.5) is 5.69 Å². The summed E-state index contributed by atoms with van der Waals surface area (Å²) in [4.78, 5) is 17.6. The zero-order chi connectivity index (χ0) is 13.5. The molecule has 0 fully saturated rings. The highest BCUT2D eigenvalue weighted by Gasteiger charge is 2.11. The average molecular weight is 251 g/mol. The highest BCUT2D eigenvalue weighted by atomic mass is 16.3. The van der Waals surface area contributed by atoms with Gasteiger partial charge in [0.15, 0.2) is 0 Å². The van der Waals surface area contributed by atoms with Gasteiger partial charge in [-0.25, -0.2) is 0 Å². The van der Waals surface area contributed by atoms with Gasteiger partial charge in [-0.05, 0) is 25.5 Å². The first-order valence-corrected chi connectivity index (χ1v) is 6.18. The number of hydrogen-bond acceptors (Lipinski definition) is 4. The Morgan fingerprint density at radius 2 is 2.28 bits per heavy atom. The van der Waals surface area contributed by atoms with E-state index in [4.69, 9.17) is 0 Å². The Hall–Kier alpha value is -1.62. The summed E-state index contributed by atoms with van der Waals surface area (Å²) < 4.78 is 0. The fourth-order valence-corrected chi connectivity index (χ4v) is 1.65. The maximum atomic E-state index is 11.4. The summed E-state index contributed by atoms with van der Waals surface area (Å²) in [6, 6.07) is 3.67.